The molecule has 1 aliphatic rings. The van der Waals surface area contributed by atoms with Crippen LogP contribution in [0.2, 0.25) is 0 Å². The van der Waals surface area contributed by atoms with Gasteiger partial charge in [0.25, 0.3) is 5.91 Å². The average molecular weight is 374 g/mol. The second-order valence-electron chi connectivity index (χ2n) is 4.91. The van der Waals surface area contributed by atoms with E-state index in [-0.39, 0.29) is 5.91 Å². The van der Waals surface area contributed by atoms with E-state index in [0.29, 0.717) is 11.1 Å². The van der Waals surface area contributed by atoms with E-state index >= 15 is 0 Å². The summed E-state index contributed by atoms with van der Waals surface area (Å²) in [7, 11) is 0.822. The first kappa shape index (κ1) is 16.8. The highest BCUT2D eigenvalue weighted by molar-refractivity contribution is 8.74. The minimum atomic E-state index is -4.70. The largest absolute Gasteiger partial charge is 0.506 e. The van der Waals surface area contributed by atoms with Crippen LogP contribution >= 0.6 is 10.8 Å². The average Bonchev–Trinajstić information content (AvgIpc) is 2.85. The van der Waals surface area contributed by atoms with Crippen LogP contribution in [0.1, 0.15) is 12.6 Å². The Bertz CT molecular complexity index is 814. The summed E-state index contributed by atoms with van der Waals surface area (Å²) in [4.78, 5) is 15.3. The number of pyridine rings is 1. The van der Waals surface area contributed by atoms with E-state index in [4.69, 9.17) is 0 Å². The number of hydrogen-bond acceptors (Lipinski definition) is 5. The molecule has 0 saturated heterocycles. The van der Waals surface area contributed by atoms with Gasteiger partial charge in [0.05, 0.1) is 4.90 Å². The van der Waals surface area contributed by atoms with Crippen molar-refractivity contribution >= 4 is 32.7 Å². The van der Waals surface area contributed by atoms with Crippen LogP contribution in [-0.4, -0.2) is 16.0 Å². The second kappa shape index (κ2) is 6.10. The molecule has 1 aromatic heterocycles. The molecule has 0 bridgehead atoms. The molecular formula is C14H11F3N3O2S2+. The standard InChI is InChI=1S/C14H10F3N3O2S2/c1-7(21)19-24-20-10-3-2-8(5-12(10)23-24)9-4-11(22)13(18-6-9)14(15,16)17/h2-6,22H,1H3,(H,19,20,21)/p+1. The van der Waals surface area contributed by atoms with Gasteiger partial charge in [-0.25, -0.2) is 4.98 Å². The normalized spacial score (nSPS) is 16.4. The van der Waals surface area contributed by atoms with Gasteiger partial charge in [0.1, 0.15) is 11.4 Å². The van der Waals surface area contributed by atoms with Crippen LogP contribution in [0.15, 0.2) is 35.4 Å². The minimum absolute atomic E-state index is 0.164. The zero-order valence-corrected chi connectivity index (χ0v) is 13.8. The van der Waals surface area contributed by atoms with Gasteiger partial charge >= 0.3 is 16.5 Å². The Morgan fingerprint density at radius 1 is 1.33 bits per heavy atom. The lowest BCUT2D eigenvalue weighted by atomic mass is 10.1. The summed E-state index contributed by atoms with van der Waals surface area (Å²) in [6.45, 7) is 1.42. The number of nitrogens with one attached hydrogen (secondary N) is 2. The van der Waals surface area contributed by atoms with Crippen LogP contribution in [0.25, 0.3) is 11.1 Å². The molecule has 3 N–H and O–H groups in total. The number of aromatic nitrogens is 1. The lowest BCUT2D eigenvalue weighted by Gasteiger charge is -2.09. The number of benzene rings is 1. The van der Waals surface area contributed by atoms with Gasteiger partial charge in [-0.3, -0.25) is 4.79 Å². The Hall–Kier alpha value is -2.07. The third-order valence-electron chi connectivity index (χ3n) is 3.06. The molecule has 0 aliphatic carbocycles. The Balaban J connectivity index is 1.88. The van der Waals surface area contributed by atoms with Crippen molar-refractivity contribution in [1.82, 2.24) is 9.71 Å². The number of hydrogen-bond donors (Lipinski definition) is 3. The minimum Gasteiger partial charge on any atom is -0.506 e. The lowest BCUT2D eigenvalue weighted by molar-refractivity contribution is -0.142. The molecule has 0 radical (unpaired) electrons. The molecule has 1 unspecified atom stereocenters. The molecular weight excluding hydrogens is 363 g/mol. The van der Waals surface area contributed by atoms with Crippen molar-refractivity contribution in [1.29, 1.82) is 0 Å². The van der Waals surface area contributed by atoms with Crippen molar-refractivity contribution in [3.63, 3.8) is 0 Å². The number of carbonyl (C=O) groups is 1. The number of halogens is 3. The summed E-state index contributed by atoms with van der Waals surface area (Å²) >= 11 is 0. The molecule has 0 fully saturated rings. The van der Waals surface area contributed by atoms with Crippen molar-refractivity contribution in [3.05, 3.63) is 36.2 Å². The maximum Gasteiger partial charge on any atom is 0.437 e. The van der Waals surface area contributed by atoms with E-state index in [1.165, 1.54) is 17.7 Å². The van der Waals surface area contributed by atoms with Gasteiger partial charge in [-0.05, 0) is 23.8 Å². The molecule has 126 valence electrons. The highest BCUT2D eigenvalue weighted by atomic mass is 33.1. The third kappa shape index (κ3) is 3.39. The molecule has 2 heterocycles. The predicted molar refractivity (Wildman–Crippen MR) is 87.0 cm³/mol. The maximum absolute atomic E-state index is 12.6. The van der Waals surface area contributed by atoms with Crippen LogP contribution in [-0.2, 0) is 21.3 Å². The monoisotopic (exact) mass is 374 g/mol. The fourth-order valence-electron chi connectivity index (χ4n) is 2.07. The molecule has 1 atom stereocenters. The van der Waals surface area contributed by atoms with Crippen LogP contribution < -0.4 is 9.44 Å². The molecule has 2 aromatic rings. The number of fused-ring (bicyclic) bond motifs is 1. The van der Waals surface area contributed by atoms with E-state index in [0.717, 1.165) is 22.8 Å². The van der Waals surface area contributed by atoms with Crippen molar-refractivity contribution in [2.45, 2.75) is 18.0 Å². The summed E-state index contributed by atoms with van der Waals surface area (Å²) in [5.41, 5.74) is 0.503. The fourth-order valence-corrected chi connectivity index (χ4v) is 5.30. The van der Waals surface area contributed by atoms with Crippen LogP contribution in [0.4, 0.5) is 18.9 Å². The molecule has 1 amide bonds. The Labute approximate surface area is 141 Å². The van der Waals surface area contributed by atoms with Crippen LogP contribution in [0, 0.1) is 0 Å². The van der Waals surface area contributed by atoms with Crippen molar-refractivity contribution < 1.29 is 23.1 Å². The number of carbonyl (C=O) groups excluding carboxylic acids is 1. The SMILES string of the molecule is CC(=O)N[S+]1Nc2ccc(-c3cnc(C(F)(F)F)c(O)c3)cc2S1. The van der Waals surface area contributed by atoms with E-state index in [1.54, 1.807) is 18.2 Å². The summed E-state index contributed by atoms with van der Waals surface area (Å²) in [6, 6.07) is 6.28. The van der Waals surface area contributed by atoms with Crippen molar-refractivity contribution in [2.75, 3.05) is 4.72 Å². The highest BCUT2D eigenvalue weighted by Gasteiger charge is 2.37. The molecule has 5 nitrogen and oxygen atoms in total. The molecule has 10 heteroatoms. The first-order chi connectivity index (χ1) is 11.2. The quantitative estimate of drug-likeness (QED) is 0.554. The predicted octanol–water partition coefficient (Wildman–Crippen LogP) is 3.49. The van der Waals surface area contributed by atoms with E-state index < -0.39 is 27.9 Å². The lowest BCUT2D eigenvalue weighted by Crippen LogP contribution is -2.28. The van der Waals surface area contributed by atoms with E-state index in [1.807, 2.05) is 0 Å². The van der Waals surface area contributed by atoms with Crippen LogP contribution in [0.5, 0.6) is 5.75 Å². The first-order valence-electron chi connectivity index (χ1n) is 6.61. The van der Waals surface area contributed by atoms with Gasteiger partial charge in [0.2, 0.25) is 0 Å². The zero-order valence-electron chi connectivity index (χ0n) is 12.1. The number of alkyl halides is 3. The Morgan fingerprint density at radius 3 is 2.71 bits per heavy atom. The first-order valence-corrected chi connectivity index (χ1v) is 9.17. The zero-order chi connectivity index (χ0) is 17.5. The fraction of sp³-hybridized carbons (Fsp3) is 0.143. The summed E-state index contributed by atoms with van der Waals surface area (Å²) < 4.78 is 43.8. The van der Waals surface area contributed by atoms with Gasteiger partial charge in [0.15, 0.2) is 16.5 Å². The highest BCUT2D eigenvalue weighted by Crippen LogP contribution is 2.42. The third-order valence-corrected chi connectivity index (χ3v) is 6.16. The smallest absolute Gasteiger partial charge is 0.437 e. The van der Waals surface area contributed by atoms with E-state index in [9.17, 15) is 23.1 Å². The second-order valence-corrected chi connectivity index (χ2v) is 7.96. The molecule has 0 spiro atoms. The summed E-state index contributed by atoms with van der Waals surface area (Å²) in [5, 5.41) is 9.58. The van der Waals surface area contributed by atoms with Gasteiger partial charge in [0, 0.05) is 18.7 Å². The Morgan fingerprint density at radius 2 is 2.08 bits per heavy atom. The molecule has 24 heavy (non-hydrogen) atoms. The number of rotatable bonds is 2. The van der Waals surface area contributed by atoms with E-state index in [2.05, 4.69) is 14.4 Å². The topological polar surface area (TPSA) is 74.2 Å². The van der Waals surface area contributed by atoms with Crippen LogP contribution in [0.3, 0.4) is 0 Å². The number of nitrogens with zero attached hydrogens (tertiary/aromatic N) is 1. The molecule has 1 aromatic carbocycles. The summed E-state index contributed by atoms with van der Waals surface area (Å²) in [5.74, 6) is -1.08. The summed E-state index contributed by atoms with van der Waals surface area (Å²) in [6.07, 6.45) is -3.63. The van der Waals surface area contributed by atoms with Gasteiger partial charge in [-0.15, -0.1) is 4.72 Å². The molecule has 1 aliphatic heterocycles. The number of aromatic hydroxyl groups is 1. The molecule has 3 rings (SSSR count). The molecule has 0 saturated carbocycles. The number of amides is 1. The Kier molecular flexibility index (Phi) is 4.26. The van der Waals surface area contributed by atoms with Gasteiger partial charge in [-0.1, -0.05) is 6.07 Å². The van der Waals surface area contributed by atoms with Crippen molar-refractivity contribution in [2.24, 2.45) is 0 Å². The van der Waals surface area contributed by atoms with Crippen molar-refractivity contribution in [3.8, 4) is 16.9 Å². The number of anilines is 1. The van der Waals surface area contributed by atoms with Gasteiger partial charge in [-0.2, -0.15) is 17.9 Å². The maximum atomic E-state index is 12.6. The van der Waals surface area contributed by atoms with Gasteiger partial charge < -0.3 is 5.11 Å².